The van der Waals surface area contributed by atoms with Crippen molar-refractivity contribution < 1.29 is 28.5 Å². The van der Waals surface area contributed by atoms with Crippen LogP contribution in [0.4, 0.5) is 5.82 Å². The van der Waals surface area contributed by atoms with Gasteiger partial charge in [0.05, 0.1) is 38.6 Å². The summed E-state index contributed by atoms with van der Waals surface area (Å²) in [5.41, 5.74) is 20.4. The van der Waals surface area contributed by atoms with E-state index in [1.807, 2.05) is 79.1 Å². The molecule has 48 heavy (non-hydrogen) atoms. The molecular formula is C34H48N7O6P. The van der Waals surface area contributed by atoms with E-state index in [9.17, 15) is 9.59 Å². The highest BCUT2D eigenvalue weighted by molar-refractivity contribution is 7.34. The highest BCUT2D eigenvalue weighted by atomic mass is 31.1. The van der Waals surface area contributed by atoms with Crippen LogP contribution in [0.3, 0.4) is 0 Å². The Bertz CT molecular complexity index is 1500. The number of carbonyl (C=O) groups is 2. The maximum absolute atomic E-state index is 11.4. The van der Waals surface area contributed by atoms with Crippen LogP contribution in [-0.2, 0) is 41.4 Å². The van der Waals surface area contributed by atoms with Crippen molar-refractivity contribution in [2.75, 3.05) is 31.9 Å². The first-order valence-electron chi connectivity index (χ1n) is 16.1. The van der Waals surface area contributed by atoms with Crippen molar-refractivity contribution in [2.24, 2.45) is 11.2 Å². The van der Waals surface area contributed by atoms with Crippen molar-refractivity contribution in [3.8, 4) is 0 Å². The summed E-state index contributed by atoms with van der Waals surface area (Å²) in [6.45, 7) is 5.48. The monoisotopic (exact) mass is 681 g/mol. The minimum atomic E-state index is -0.557. The lowest BCUT2D eigenvalue weighted by molar-refractivity contribution is -0.145. The van der Waals surface area contributed by atoms with Crippen LogP contribution in [0.5, 0.6) is 0 Å². The maximum atomic E-state index is 11.4. The van der Waals surface area contributed by atoms with E-state index in [1.54, 1.807) is 6.33 Å². The predicted molar refractivity (Wildman–Crippen MR) is 187 cm³/mol. The van der Waals surface area contributed by atoms with E-state index in [2.05, 4.69) is 15.0 Å². The van der Waals surface area contributed by atoms with Crippen LogP contribution in [0.15, 0.2) is 73.3 Å². The minimum Gasteiger partial charge on any atom is -0.466 e. The number of carbonyl (C=O) groups excluding carboxylic acids is 2. The second kappa shape index (κ2) is 21.8. The number of hydrogen-bond donors (Lipinski definition) is 3. The highest BCUT2D eigenvalue weighted by Gasteiger charge is 2.29. The molecule has 0 spiro atoms. The van der Waals surface area contributed by atoms with Gasteiger partial charge in [0.15, 0.2) is 11.5 Å². The first-order chi connectivity index (χ1) is 23.4. The van der Waals surface area contributed by atoms with Gasteiger partial charge in [-0.25, -0.2) is 15.0 Å². The summed E-state index contributed by atoms with van der Waals surface area (Å²) < 4.78 is 23.1. The molecule has 1 aliphatic heterocycles. The zero-order chi connectivity index (χ0) is 34.6. The number of benzene rings is 2. The van der Waals surface area contributed by atoms with E-state index in [4.69, 9.17) is 35.9 Å². The van der Waals surface area contributed by atoms with Crippen LogP contribution < -0.4 is 17.0 Å². The van der Waals surface area contributed by atoms with Gasteiger partial charge < -0.3 is 35.9 Å². The molecule has 5 rings (SSSR count). The first-order valence-corrected chi connectivity index (χ1v) is 17.4. The van der Waals surface area contributed by atoms with E-state index < -0.39 is 6.04 Å². The van der Waals surface area contributed by atoms with E-state index in [1.165, 1.54) is 11.9 Å². The molecule has 0 amide bonds. The van der Waals surface area contributed by atoms with Gasteiger partial charge in [0.25, 0.3) is 0 Å². The third kappa shape index (κ3) is 13.2. The van der Waals surface area contributed by atoms with Gasteiger partial charge in [-0.05, 0) is 45.5 Å². The van der Waals surface area contributed by atoms with E-state index >= 15 is 0 Å². The van der Waals surface area contributed by atoms with Crippen LogP contribution in [0.2, 0.25) is 0 Å². The normalized spacial score (nSPS) is 16.1. The quantitative estimate of drug-likeness (QED) is 0.126. The molecule has 4 atom stereocenters. The fourth-order valence-corrected chi connectivity index (χ4v) is 4.91. The average molecular weight is 682 g/mol. The molecule has 0 saturated carbocycles. The Balaban J connectivity index is 0.000000199. The number of anilines is 1. The lowest BCUT2D eigenvalue weighted by atomic mass is 10.1. The Hall–Kier alpha value is -4.00. The van der Waals surface area contributed by atoms with E-state index in [-0.39, 0.29) is 24.3 Å². The lowest BCUT2D eigenvalue weighted by Crippen LogP contribution is -2.34. The molecule has 3 heterocycles. The Morgan fingerprint density at radius 2 is 1.65 bits per heavy atom. The highest BCUT2D eigenvalue weighted by Crippen LogP contribution is 2.29. The second-order valence-corrected chi connectivity index (χ2v) is 11.6. The van der Waals surface area contributed by atoms with Gasteiger partial charge in [-0.2, -0.15) is 0 Å². The fraction of sp³-hybridized carbons (Fsp3) is 0.441. The molecule has 13 nitrogen and oxygen atoms in total. The van der Waals surface area contributed by atoms with Crippen LogP contribution in [-0.4, -0.2) is 69.8 Å². The van der Waals surface area contributed by atoms with Crippen molar-refractivity contribution in [1.29, 1.82) is 0 Å². The van der Waals surface area contributed by atoms with Crippen LogP contribution >= 0.6 is 8.73 Å². The van der Waals surface area contributed by atoms with Crippen LogP contribution in [0.1, 0.15) is 56.9 Å². The summed E-state index contributed by atoms with van der Waals surface area (Å²) in [5, 5.41) is 0. The molecule has 0 aliphatic carbocycles. The molecule has 1 fully saturated rings. The molecule has 4 aromatic rings. The molecule has 4 unspecified atom stereocenters. The fourth-order valence-electron chi connectivity index (χ4n) is 4.58. The van der Waals surface area contributed by atoms with Crippen molar-refractivity contribution in [3.05, 3.63) is 84.4 Å². The minimum absolute atomic E-state index is 0.0673. The van der Waals surface area contributed by atoms with Gasteiger partial charge in [-0.15, -0.1) is 0 Å². The smallest absolute Gasteiger partial charge is 0.323 e. The number of nitrogen functional groups attached to an aromatic ring is 1. The number of aromatic nitrogens is 4. The number of nitrogens with two attached hydrogens (primary N) is 3. The van der Waals surface area contributed by atoms with E-state index in [0.29, 0.717) is 64.7 Å². The Labute approximate surface area is 283 Å². The SMILES string of the molecule is CCCOC(=O)C(N)Cc1ccccc1.CCCOC(=O)CCc1ccccc1.NPCOC1COC(n2cnc3c(N)ncnc32)C1. The number of fused-ring (bicyclic) bond motifs is 1. The summed E-state index contributed by atoms with van der Waals surface area (Å²) in [6.07, 6.45) is 7.84. The van der Waals surface area contributed by atoms with Gasteiger partial charge in [0.2, 0.25) is 0 Å². The van der Waals surface area contributed by atoms with Gasteiger partial charge in [0.1, 0.15) is 24.1 Å². The van der Waals surface area contributed by atoms with Crippen molar-refractivity contribution in [1.82, 2.24) is 19.5 Å². The summed E-state index contributed by atoms with van der Waals surface area (Å²) in [6, 6.07) is 19.1. The number of esters is 2. The molecule has 0 bridgehead atoms. The van der Waals surface area contributed by atoms with Gasteiger partial charge in [-0.1, -0.05) is 74.5 Å². The van der Waals surface area contributed by atoms with Gasteiger partial charge in [0, 0.05) is 12.8 Å². The topological polar surface area (TPSA) is 193 Å². The van der Waals surface area contributed by atoms with Crippen molar-refractivity contribution >= 4 is 37.7 Å². The molecular weight excluding hydrogens is 633 g/mol. The molecule has 2 aromatic carbocycles. The summed E-state index contributed by atoms with van der Waals surface area (Å²) in [4.78, 5) is 34.9. The average Bonchev–Trinajstić information content (AvgIpc) is 3.77. The number of ether oxygens (including phenoxy) is 4. The molecule has 14 heteroatoms. The lowest BCUT2D eigenvalue weighted by Gasteiger charge is -2.11. The third-order valence-corrected chi connectivity index (χ3v) is 7.35. The molecule has 6 N–H and O–H groups in total. The predicted octanol–water partition coefficient (Wildman–Crippen LogP) is 4.30. The molecule has 0 radical (unpaired) electrons. The number of nitrogens with zero attached hydrogens (tertiary/aromatic N) is 4. The largest absolute Gasteiger partial charge is 0.466 e. The molecule has 1 saturated heterocycles. The summed E-state index contributed by atoms with van der Waals surface area (Å²) in [7, 11) is 0.298. The van der Waals surface area contributed by atoms with E-state index in [0.717, 1.165) is 31.2 Å². The maximum Gasteiger partial charge on any atom is 0.323 e. The van der Waals surface area contributed by atoms with Crippen LogP contribution in [0.25, 0.3) is 11.2 Å². The zero-order valence-corrected chi connectivity index (χ0v) is 28.7. The Morgan fingerprint density at radius 1 is 0.979 bits per heavy atom. The number of rotatable bonds is 14. The number of hydrogen-bond acceptors (Lipinski definition) is 12. The Kier molecular flexibility index (Phi) is 17.5. The van der Waals surface area contributed by atoms with Crippen LogP contribution in [0, 0.1) is 0 Å². The standard InChI is InChI=1S/C12H17NO2.C12H16O2.C10H15N6O2P/c1-2-8-15-12(14)11(13)9-10-6-4-3-5-7-10;1-2-10-14-12(13)9-8-11-6-4-3-5-7-11;11-9-8-10(14-3-13-9)16(4-15-8)7-1-6(2-17-7)18-5-19-12/h3-7,11H,2,8-9,13H2,1H3;3-7H,2,8-10H2,1H3;3-4,6-7,19H,1-2,5,12H2,(H2,11,13,14). The molecule has 260 valence electrons. The Morgan fingerprint density at radius 3 is 2.31 bits per heavy atom. The second-order valence-electron chi connectivity index (χ2n) is 10.9. The first kappa shape index (κ1) is 38.4. The van der Waals surface area contributed by atoms with Crippen molar-refractivity contribution in [3.63, 3.8) is 0 Å². The summed E-state index contributed by atoms with van der Waals surface area (Å²) >= 11 is 0. The van der Waals surface area contributed by atoms with Crippen molar-refractivity contribution in [2.45, 2.75) is 70.7 Å². The number of imidazole rings is 1. The zero-order valence-electron chi connectivity index (χ0n) is 27.7. The molecule has 1 aliphatic rings. The number of aryl methyl sites for hydroxylation is 1. The summed E-state index contributed by atoms with van der Waals surface area (Å²) in [5.74, 6) is -0.0460. The third-order valence-electron chi connectivity index (χ3n) is 7.02. The van der Waals surface area contributed by atoms with Gasteiger partial charge >= 0.3 is 11.9 Å². The van der Waals surface area contributed by atoms with Gasteiger partial charge in [-0.3, -0.25) is 14.2 Å². The molecule has 2 aromatic heterocycles.